The SMILES string of the molecule is CC(=O)[C@@H](N)CC(C)(C)CCC1CCCC1. The second-order valence-corrected chi connectivity index (χ2v) is 6.27. The number of ketones is 1. The van der Waals surface area contributed by atoms with Crippen molar-refractivity contribution in [2.75, 3.05) is 0 Å². The lowest BCUT2D eigenvalue weighted by Crippen LogP contribution is -2.34. The number of hydrogen-bond donors (Lipinski definition) is 1. The summed E-state index contributed by atoms with van der Waals surface area (Å²) in [6.45, 7) is 6.08. The molecule has 0 unspecified atom stereocenters. The predicted molar refractivity (Wildman–Crippen MR) is 68.2 cm³/mol. The highest BCUT2D eigenvalue weighted by molar-refractivity contribution is 5.81. The van der Waals surface area contributed by atoms with Crippen molar-refractivity contribution in [2.45, 2.75) is 71.8 Å². The van der Waals surface area contributed by atoms with Gasteiger partial charge in [-0.15, -0.1) is 0 Å². The van der Waals surface area contributed by atoms with Crippen molar-refractivity contribution >= 4 is 5.78 Å². The normalized spacial score (nSPS) is 20.0. The maximum atomic E-state index is 11.2. The molecule has 1 rings (SSSR count). The van der Waals surface area contributed by atoms with Crippen LogP contribution in [0.25, 0.3) is 0 Å². The van der Waals surface area contributed by atoms with Crippen LogP contribution in [0.5, 0.6) is 0 Å². The third-order valence-corrected chi connectivity index (χ3v) is 4.00. The van der Waals surface area contributed by atoms with E-state index in [4.69, 9.17) is 5.73 Å². The van der Waals surface area contributed by atoms with Crippen LogP contribution in [-0.2, 0) is 4.79 Å². The first-order valence-corrected chi connectivity index (χ1v) is 6.67. The summed E-state index contributed by atoms with van der Waals surface area (Å²) in [6.07, 6.45) is 9.01. The van der Waals surface area contributed by atoms with Gasteiger partial charge < -0.3 is 5.73 Å². The molecule has 2 N–H and O–H groups in total. The number of carbonyl (C=O) groups is 1. The lowest BCUT2D eigenvalue weighted by atomic mass is 9.79. The largest absolute Gasteiger partial charge is 0.322 e. The van der Waals surface area contributed by atoms with Crippen LogP contribution in [0.3, 0.4) is 0 Å². The molecule has 1 saturated carbocycles. The van der Waals surface area contributed by atoms with E-state index in [2.05, 4.69) is 13.8 Å². The molecule has 0 aliphatic heterocycles. The fourth-order valence-electron chi connectivity index (χ4n) is 2.74. The van der Waals surface area contributed by atoms with Gasteiger partial charge in [-0.3, -0.25) is 4.79 Å². The average Bonchev–Trinajstić information content (AvgIpc) is 2.66. The second-order valence-electron chi connectivity index (χ2n) is 6.27. The Morgan fingerprint density at radius 1 is 1.38 bits per heavy atom. The molecule has 94 valence electrons. The van der Waals surface area contributed by atoms with Crippen molar-refractivity contribution in [3.8, 4) is 0 Å². The molecule has 0 radical (unpaired) electrons. The number of rotatable bonds is 6. The van der Waals surface area contributed by atoms with E-state index < -0.39 is 0 Å². The Morgan fingerprint density at radius 3 is 2.44 bits per heavy atom. The molecule has 0 heterocycles. The minimum Gasteiger partial charge on any atom is -0.322 e. The van der Waals surface area contributed by atoms with Crippen molar-refractivity contribution in [1.29, 1.82) is 0 Å². The van der Waals surface area contributed by atoms with Gasteiger partial charge in [0.2, 0.25) is 0 Å². The summed E-state index contributed by atoms with van der Waals surface area (Å²) in [6, 6.07) is -0.265. The van der Waals surface area contributed by atoms with E-state index in [0.29, 0.717) is 0 Å². The van der Waals surface area contributed by atoms with Gasteiger partial charge in [0.05, 0.1) is 6.04 Å². The Morgan fingerprint density at radius 2 is 1.94 bits per heavy atom. The summed E-state index contributed by atoms with van der Waals surface area (Å²) in [7, 11) is 0. The summed E-state index contributed by atoms with van der Waals surface area (Å²) in [5, 5.41) is 0. The van der Waals surface area contributed by atoms with Crippen LogP contribution in [0.4, 0.5) is 0 Å². The van der Waals surface area contributed by atoms with Crippen LogP contribution in [0.1, 0.15) is 65.7 Å². The predicted octanol–water partition coefficient (Wildman–Crippen LogP) is 3.29. The quantitative estimate of drug-likeness (QED) is 0.753. The maximum Gasteiger partial charge on any atom is 0.146 e. The molecule has 1 aliphatic rings. The molecule has 0 saturated heterocycles. The molecule has 16 heavy (non-hydrogen) atoms. The number of hydrogen-bond acceptors (Lipinski definition) is 2. The standard InChI is InChI=1S/C14H27NO/c1-11(16)13(15)10-14(2,3)9-8-12-6-4-5-7-12/h12-13H,4-10,15H2,1-3H3/t13-/m0/s1. The first kappa shape index (κ1) is 13.7. The summed E-state index contributed by atoms with van der Waals surface area (Å²) in [5.74, 6) is 1.06. The maximum absolute atomic E-state index is 11.2. The van der Waals surface area contributed by atoms with Crippen LogP contribution in [-0.4, -0.2) is 11.8 Å². The van der Waals surface area contributed by atoms with E-state index >= 15 is 0 Å². The lowest BCUT2D eigenvalue weighted by molar-refractivity contribution is -0.118. The first-order chi connectivity index (χ1) is 7.41. The summed E-state index contributed by atoms with van der Waals surface area (Å²) in [5.41, 5.74) is 6.05. The van der Waals surface area contributed by atoms with E-state index in [1.807, 2.05) is 0 Å². The molecule has 0 aromatic rings. The molecule has 0 amide bonds. The monoisotopic (exact) mass is 225 g/mol. The Labute approximate surface area is 100.0 Å². The Hall–Kier alpha value is -0.370. The Bertz CT molecular complexity index is 229. The molecule has 2 heteroatoms. The Kier molecular flexibility index (Phi) is 4.97. The van der Waals surface area contributed by atoms with E-state index in [-0.39, 0.29) is 17.2 Å². The van der Waals surface area contributed by atoms with Gasteiger partial charge in [-0.2, -0.15) is 0 Å². The van der Waals surface area contributed by atoms with Gasteiger partial charge in [0.15, 0.2) is 0 Å². The number of nitrogens with two attached hydrogens (primary N) is 1. The first-order valence-electron chi connectivity index (χ1n) is 6.67. The molecule has 0 aromatic heterocycles. The van der Waals surface area contributed by atoms with Crippen LogP contribution < -0.4 is 5.73 Å². The van der Waals surface area contributed by atoms with Crippen molar-refractivity contribution in [2.24, 2.45) is 17.1 Å². The summed E-state index contributed by atoms with van der Waals surface area (Å²) < 4.78 is 0. The van der Waals surface area contributed by atoms with Gasteiger partial charge in [-0.05, 0) is 37.5 Å². The summed E-state index contributed by atoms with van der Waals surface area (Å²) in [4.78, 5) is 11.2. The van der Waals surface area contributed by atoms with Crippen molar-refractivity contribution in [1.82, 2.24) is 0 Å². The molecule has 1 atom stereocenters. The smallest absolute Gasteiger partial charge is 0.146 e. The molecule has 0 bridgehead atoms. The van der Waals surface area contributed by atoms with Crippen molar-refractivity contribution < 1.29 is 4.79 Å². The molecule has 1 aliphatic carbocycles. The van der Waals surface area contributed by atoms with E-state index in [0.717, 1.165) is 12.3 Å². The van der Waals surface area contributed by atoms with Gasteiger partial charge in [-0.25, -0.2) is 0 Å². The minimum absolute atomic E-state index is 0.119. The van der Waals surface area contributed by atoms with E-state index in [1.165, 1.54) is 38.5 Å². The highest BCUT2D eigenvalue weighted by atomic mass is 16.1. The van der Waals surface area contributed by atoms with Gasteiger partial charge in [0.1, 0.15) is 5.78 Å². The zero-order chi connectivity index (χ0) is 12.2. The van der Waals surface area contributed by atoms with Crippen LogP contribution >= 0.6 is 0 Å². The van der Waals surface area contributed by atoms with E-state index in [1.54, 1.807) is 6.92 Å². The highest BCUT2D eigenvalue weighted by Gasteiger charge is 2.25. The fraction of sp³-hybridized carbons (Fsp3) is 0.929. The van der Waals surface area contributed by atoms with Gasteiger partial charge >= 0.3 is 0 Å². The molecular formula is C14H27NO. The van der Waals surface area contributed by atoms with Crippen LogP contribution in [0, 0.1) is 11.3 Å². The average molecular weight is 225 g/mol. The number of Topliss-reactive ketones (excluding diaryl/α,β-unsaturated/α-hetero) is 1. The minimum atomic E-state index is -0.265. The van der Waals surface area contributed by atoms with Gasteiger partial charge in [0.25, 0.3) is 0 Å². The van der Waals surface area contributed by atoms with Crippen molar-refractivity contribution in [3.63, 3.8) is 0 Å². The third-order valence-electron chi connectivity index (χ3n) is 4.00. The molecular weight excluding hydrogens is 198 g/mol. The van der Waals surface area contributed by atoms with Crippen LogP contribution in [0.15, 0.2) is 0 Å². The molecule has 1 fully saturated rings. The topological polar surface area (TPSA) is 43.1 Å². The highest BCUT2D eigenvalue weighted by Crippen LogP contribution is 2.35. The molecule has 2 nitrogen and oxygen atoms in total. The third kappa shape index (κ3) is 4.65. The van der Waals surface area contributed by atoms with Gasteiger partial charge in [-0.1, -0.05) is 39.5 Å². The molecule has 0 aromatic carbocycles. The second kappa shape index (κ2) is 5.81. The van der Waals surface area contributed by atoms with Crippen LogP contribution in [0.2, 0.25) is 0 Å². The van der Waals surface area contributed by atoms with E-state index in [9.17, 15) is 4.79 Å². The Balaban J connectivity index is 2.29. The fourth-order valence-corrected chi connectivity index (χ4v) is 2.74. The zero-order valence-electron chi connectivity index (χ0n) is 11.1. The zero-order valence-corrected chi connectivity index (χ0v) is 11.1. The van der Waals surface area contributed by atoms with Gasteiger partial charge in [0, 0.05) is 0 Å². The number of carbonyl (C=O) groups excluding carboxylic acids is 1. The van der Waals surface area contributed by atoms with Crippen molar-refractivity contribution in [3.05, 3.63) is 0 Å². The summed E-state index contributed by atoms with van der Waals surface area (Å²) >= 11 is 0. The molecule has 0 spiro atoms. The lowest BCUT2D eigenvalue weighted by Gasteiger charge is -2.28.